The van der Waals surface area contributed by atoms with Crippen molar-refractivity contribution in [1.82, 2.24) is 20.4 Å². The first-order valence-corrected chi connectivity index (χ1v) is 9.68. The highest BCUT2D eigenvalue weighted by Gasteiger charge is 2.29. The number of carbonyl (C=O) groups excluding carboxylic acids is 2. The van der Waals surface area contributed by atoms with Crippen LogP contribution < -0.4 is 10.6 Å². The van der Waals surface area contributed by atoms with Gasteiger partial charge < -0.3 is 20.4 Å². The van der Waals surface area contributed by atoms with E-state index < -0.39 is 0 Å². The Balaban J connectivity index is 0.00000261. The van der Waals surface area contributed by atoms with E-state index in [4.69, 9.17) is 0 Å². The Morgan fingerprint density at radius 2 is 1.89 bits per heavy atom. The average molecular weight is 395 g/mol. The first-order valence-electron chi connectivity index (χ1n) is 9.68. The Labute approximate surface area is 168 Å². The van der Waals surface area contributed by atoms with Gasteiger partial charge in [0.2, 0.25) is 5.91 Å². The van der Waals surface area contributed by atoms with Crippen molar-refractivity contribution in [2.45, 2.75) is 38.3 Å². The second-order valence-corrected chi connectivity index (χ2v) is 7.44. The largest absolute Gasteiger partial charge is 0.352 e. The molecule has 0 unspecified atom stereocenters. The van der Waals surface area contributed by atoms with Crippen molar-refractivity contribution in [3.63, 3.8) is 0 Å². The number of rotatable bonds is 4. The third-order valence-corrected chi connectivity index (χ3v) is 5.37. The number of amides is 3. The molecule has 2 heterocycles. The molecule has 0 aromatic heterocycles. The summed E-state index contributed by atoms with van der Waals surface area (Å²) in [6.07, 6.45) is 3.67. The molecule has 0 saturated carbocycles. The molecule has 3 rings (SSSR count). The van der Waals surface area contributed by atoms with E-state index in [0.29, 0.717) is 19.6 Å². The maximum absolute atomic E-state index is 12.6. The molecule has 6 nitrogen and oxygen atoms in total. The second-order valence-electron chi connectivity index (χ2n) is 7.44. The molecule has 1 atom stereocenters. The number of piperidine rings is 2. The van der Waals surface area contributed by atoms with Crippen LogP contribution in [-0.4, -0.2) is 61.0 Å². The minimum absolute atomic E-state index is 0. The van der Waals surface area contributed by atoms with Gasteiger partial charge in [0.25, 0.3) is 0 Å². The number of benzene rings is 1. The van der Waals surface area contributed by atoms with E-state index in [1.54, 1.807) is 4.90 Å². The fourth-order valence-corrected chi connectivity index (χ4v) is 3.79. The molecule has 0 aliphatic carbocycles. The average Bonchev–Trinajstić information content (AvgIpc) is 2.69. The number of likely N-dealkylation sites (tertiary alicyclic amines) is 1. The zero-order chi connectivity index (χ0) is 18.4. The van der Waals surface area contributed by atoms with E-state index in [1.165, 1.54) is 0 Å². The Morgan fingerprint density at radius 3 is 2.52 bits per heavy atom. The van der Waals surface area contributed by atoms with Crippen molar-refractivity contribution in [2.75, 3.05) is 33.2 Å². The highest BCUT2D eigenvalue weighted by atomic mass is 35.5. The van der Waals surface area contributed by atoms with Crippen LogP contribution in [0.25, 0.3) is 0 Å². The zero-order valence-corrected chi connectivity index (χ0v) is 16.8. The molecule has 0 bridgehead atoms. The molecular weight excluding hydrogens is 364 g/mol. The van der Waals surface area contributed by atoms with Gasteiger partial charge in [-0.3, -0.25) is 4.79 Å². The van der Waals surface area contributed by atoms with Gasteiger partial charge in [0.15, 0.2) is 0 Å². The number of halogens is 1. The Kier molecular flexibility index (Phi) is 8.38. The molecule has 1 aromatic carbocycles. The van der Waals surface area contributed by atoms with Gasteiger partial charge in [-0.1, -0.05) is 30.3 Å². The van der Waals surface area contributed by atoms with E-state index in [1.807, 2.05) is 42.3 Å². The minimum Gasteiger partial charge on any atom is -0.352 e. The molecule has 2 fully saturated rings. The van der Waals surface area contributed by atoms with Gasteiger partial charge in [-0.25, -0.2) is 4.79 Å². The molecule has 2 aliphatic rings. The summed E-state index contributed by atoms with van der Waals surface area (Å²) in [6, 6.07) is 10.3. The molecule has 2 N–H and O–H groups in total. The van der Waals surface area contributed by atoms with Crippen LogP contribution in [0.2, 0.25) is 0 Å². The lowest BCUT2D eigenvalue weighted by atomic mass is 9.95. The first kappa shape index (κ1) is 21.5. The molecule has 0 spiro atoms. The SMILES string of the molecule is CN(Cc1ccccc1)C(=O)N1CCC(C(=O)N[C@H]2CCCNC2)CC1.Cl. The highest BCUT2D eigenvalue weighted by Crippen LogP contribution is 2.19. The van der Waals surface area contributed by atoms with Gasteiger partial charge in [0, 0.05) is 45.2 Å². The van der Waals surface area contributed by atoms with Crippen LogP contribution in [0, 0.1) is 5.92 Å². The normalized spacial score (nSPS) is 20.5. The van der Waals surface area contributed by atoms with Crippen molar-refractivity contribution in [3.8, 4) is 0 Å². The molecule has 150 valence electrons. The van der Waals surface area contributed by atoms with Crippen molar-refractivity contribution >= 4 is 24.3 Å². The summed E-state index contributed by atoms with van der Waals surface area (Å²) < 4.78 is 0. The van der Waals surface area contributed by atoms with Crippen LogP contribution in [0.5, 0.6) is 0 Å². The van der Waals surface area contributed by atoms with Gasteiger partial charge in [-0.15, -0.1) is 12.4 Å². The van der Waals surface area contributed by atoms with Crippen LogP contribution in [0.4, 0.5) is 4.79 Å². The Hall–Kier alpha value is -1.79. The first-order chi connectivity index (χ1) is 12.6. The molecule has 3 amide bonds. The van der Waals surface area contributed by atoms with Crippen molar-refractivity contribution in [1.29, 1.82) is 0 Å². The number of hydrogen-bond donors (Lipinski definition) is 2. The summed E-state index contributed by atoms with van der Waals surface area (Å²) in [5, 5.41) is 6.50. The summed E-state index contributed by atoms with van der Waals surface area (Å²) in [7, 11) is 1.84. The standard InChI is InChI=1S/C20H30N4O2.ClH/c1-23(15-16-6-3-2-4-7-16)20(26)24-12-9-17(10-13-24)19(25)22-18-8-5-11-21-14-18;/h2-4,6-7,17-18,21H,5,8-15H2,1H3,(H,22,25);1H/t18-;/m0./s1. The Morgan fingerprint density at radius 1 is 1.19 bits per heavy atom. The minimum atomic E-state index is 0. The number of urea groups is 1. The van der Waals surface area contributed by atoms with E-state index >= 15 is 0 Å². The third-order valence-electron chi connectivity index (χ3n) is 5.37. The van der Waals surface area contributed by atoms with Gasteiger partial charge in [-0.2, -0.15) is 0 Å². The van der Waals surface area contributed by atoms with Crippen LogP contribution in [-0.2, 0) is 11.3 Å². The van der Waals surface area contributed by atoms with E-state index in [9.17, 15) is 9.59 Å². The van der Waals surface area contributed by atoms with Crippen LogP contribution in [0.3, 0.4) is 0 Å². The fourth-order valence-electron chi connectivity index (χ4n) is 3.79. The van der Waals surface area contributed by atoms with Crippen molar-refractivity contribution in [2.24, 2.45) is 5.92 Å². The van der Waals surface area contributed by atoms with Crippen LogP contribution in [0.15, 0.2) is 30.3 Å². The molecular formula is C20H31ClN4O2. The smallest absolute Gasteiger partial charge is 0.320 e. The molecule has 2 saturated heterocycles. The maximum Gasteiger partial charge on any atom is 0.320 e. The molecule has 7 heteroatoms. The molecule has 27 heavy (non-hydrogen) atoms. The summed E-state index contributed by atoms with van der Waals surface area (Å²) in [5.41, 5.74) is 1.12. The quantitative estimate of drug-likeness (QED) is 0.823. The predicted octanol–water partition coefficient (Wildman–Crippen LogP) is 2.24. The summed E-state index contributed by atoms with van der Waals surface area (Å²) >= 11 is 0. The summed E-state index contributed by atoms with van der Waals surface area (Å²) in [5.74, 6) is 0.184. The zero-order valence-electron chi connectivity index (χ0n) is 16.0. The van der Waals surface area contributed by atoms with Crippen LogP contribution >= 0.6 is 12.4 Å². The summed E-state index contributed by atoms with van der Waals surface area (Å²) in [6.45, 7) is 3.82. The van der Waals surface area contributed by atoms with Crippen molar-refractivity contribution in [3.05, 3.63) is 35.9 Å². The van der Waals surface area contributed by atoms with Gasteiger partial charge in [0.1, 0.15) is 0 Å². The van der Waals surface area contributed by atoms with Gasteiger partial charge in [0.05, 0.1) is 0 Å². The molecule has 0 radical (unpaired) electrons. The van der Waals surface area contributed by atoms with Gasteiger partial charge in [-0.05, 0) is 37.8 Å². The number of hydrogen-bond acceptors (Lipinski definition) is 3. The monoisotopic (exact) mass is 394 g/mol. The molecule has 2 aliphatic heterocycles. The van der Waals surface area contributed by atoms with E-state index in [0.717, 1.165) is 44.3 Å². The number of nitrogens with zero attached hydrogens (tertiary/aromatic N) is 2. The third kappa shape index (κ3) is 6.11. The predicted molar refractivity (Wildman–Crippen MR) is 109 cm³/mol. The van der Waals surface area contributed by atoms with Crippen molar-refractivity contribution < 1.29 is 9.59 Å². The lowest BCUT2D eigenvalue weighted by molar-refractivity contribution is -0.127. The second kappa shape index (κ2) is 10.5. The maximum atomic E-state index is 12.6. The summed E-state index contributed by atoms with van der Waals surface area (Å²) in [4.78, 5) is 28.7. The van der Waals surface area contributed by atoms with E-state index in [-0.39, 0.29) is 36.3 Å². The fraction of sp³-hybridized carbons (Fsp3) is 0.600. The highest BCUT2D eigenvalue weighted by molar-refractivity contribution is 5.85. The topological polar surface area (TPSA) is 64.7 Å². The van der Waals surface area contributed by atoms with Gasteiger partial charge >= 0.3 is 6.03 Å². The lowest BCUT2D eigenvalue weighted by Crippen LogP contribution is -2.50. The Bertz CT molecular complexity index is 599. The lowest BCUT2D eigenvalue weighted by Gasteiger charge is -2.35. The van der Waals surface area contributed by atoms with E-state index in [2.05, 4.69) is 10.6 Å². The number of carbonyl (C=O) groups is 2. The van der Waals surface area contributed by atoms with Crippen LogP contribution in [0.1, 0.15) is 31.2 Å². The number of nitrogens with one attached hydrogen (secondary N) is 2. The molecule has 1 aromatic rings.